The third-order valence-electron chi connectivity index (χ3n) is 7.00. The van der Waals surface area contributed by atoms with Crippen molar-refractivity contribution in [1.82, 2.24) is 9.88 Å². The number of carbonyl (C=O) groups is 1. The molecule has 150 valence electrons. The first kappa shape index (κ1) is 19.4. The minimum absolute atomic E-state index is 0.148. The van der Waals surface area contributed by atoms with E-state index in [1.807, 2.05) is 19.1 Å². The van der Waals surface area contributed by atoms with Gasteiger partial charge in [-0.05, 0) is 49.8 Å². The standard InChI is InChI=1S/C24H27N3O2/c1-16-20(17(2)26-23(29)21(16)14-25)11-12-22(28)27-15-19-10-6-7-13-24(19,27)18-8-4-3-5-9-18/h3-5,8-9,19H,6-7,10-13,15H2,1-2H3,(H,26,29)/t19-,24-/m1/s1. The summed E-state index contributed by atoms with van der Waals surface area (Å²) in [6.45, 7) is 4.47. The zero-order valence-electron chi connectivity index (χ0n) is 17.1. The summed E-state index contributed by atoms with van der Waals surface area (Å²) in [5.74, 6) is 0.708. The third-order valence-corrected chi connectivity index (χ3v) is 7.00. The minimum atomic E-state index is -0.353. The number of aromatic nitrogens is 1. The Kier molecular flexibility index (Phi) is 5.04. The molecule has 1 saturated carbocycles. The van der Waals surface area contributed by atoms with Gasteiger partial charge in [0.05, 0.1) is 5.54 Å². The van der Waals surface area contributed by atoms with Crippen molar-refractivity contribution in [3.05, 3.63) is 68.6 Å². The van der Waals surface area contributed by atoms with E-state index in [1.165, 1.54) is 18.4 Å². The lowest BCUT2D eigenvalue weighted by atomic mass is 9.61. The number of rotatable bonds is 4. The fourth-order valence-electron chi connectivity index (χ4n) is 5.47. The van der Waals surface area contributed by atoms with Gasteiger partial charge >= 0.3 is 0 Å². The van der Waals surface area contributed by atoms with Gasteiger partial charge in [0.2, 0.25) is 5.91 Å². The minimum Gasteiger partial charge on any atom is -0.332 e. The van der Waals surface area contributed by atoms with E-state index in [4.69, 9.17) is 0 Å². The summed E-state index contributed by atoms with van der Waals surface area (Å²) in [6, 6.07) is 12.5. The van der Waals surface area contributed by atoms with Gasteiger partial charge < -0.3 is 9.88 Å². The topological polar surface area (TPSA) is 77.0 Å². The summed E-state index contributed by atoms with van der Waals surface area (Å²) in [6.07, 6.45) is 5.53. The molecule has 2 aliphatic rings. The number of pyridine rings is 1. The summed E-state index contributed by atoms with van der Waals surface area (Å²) in [4.78, 5) is 30.1. The van der Waals surface area contributed by atoms with E-state index in [0.717, 1.165) is 30.6 Å². The predicted molar refractivity (Wildman–Crippen MR) is 111 cm³/mol. The summed E-state index contributed by atoms with van der Waals surface area (Å²) in [7, 11) is 0. The Hall–Kier alpha value is -2.87. The molecule has 4 rings (SSSR count). The van der Waals surface area contributed by atoms with Crippen LogP contribution < -0.4 is 5.56 Å². The van der Waals surface area contributed by atoms with Gasteiger partial charge in [0.15, 0.2) is 0 Å². The van der Waals surface area contributed by atoms with Crippen LogP contribution in [0.3, 0.4) is 0 Å². The SMILES string of the molecule is Cc1[nH]c(=O)c(C#N)c(C)c1CCC(=O)N1C[C@H]2CCCC[C@@]21c1ccccc1. The Morgan fingerprint density at radius 2 is 2.03 bits per heavy atom. The molecular weight excluding hydrogens is 362 g/mol. The molecule has 2 aromatic rings. The van der Waals surface area contributed by atoms with E-state index >= 15 is 0 Å². The van der Waals surface area contributed by atoms with Crippen molar-refractivity contribution in [3.8, 4) is 6.07 Å². The quantitative estimate of drug-likeness (QED) is 0.866. The van der Waals surface area contributed by atoms with Gasteiger partial charge in [-0.1, -0.05) is 43.2 Å². The second kappa shape index (κ2) is 7.51. The first-order chi connectivity index (χ1) is 14.0. The third kappa shape index (κ3) is 3.07. The number of nitrogens with zero attached hydrogens (tertiary/aromatic N) is 2. The highest BCUT2D eigenvalue weighted by molar-refractivity contribution is 5.79. The maximum Gasteiger partial charge on any atom is 0.266 e. The molecule has 0 bridgehead atoms. The maximum absolute atomic E-state index is 13.3. The van der Waals surface area contributed by atoms with Gasteiger partial charge in [-0.3, -0.25) is 9.59 Å². The average Bonchev–Trinajstić information content (AvgIpc) is 2.69. The molecule has 29 heavy (non-hydrogen) atoms. The Bertz CT molecular complexity index is 1030. The Morgan fingerprint density at radius 3 is 2.72 bits per heavy atom. The summed E-state index contributed by atoms with van der Waals surface area (Å²) in [5.41, 5.74) is 3.25. The molecule has 0 radical (unpaired) electrons. The lowest BCUT2D eigenvalue weighted by Crippen LogP contribution is -2.67. The van der Waals surface area contributed by atoms with Gasteiger partial charge in [0.1, 0.15) is 11.6 Å². The van der Waals surface area contributed by atoms with Crippen LogP contribution in [0.25, 0.3) is 0 Å². The normalized spacial score (nSPS) is 23.1. The number of likely N-dealkylation sites (tertiary alicyclic amines) is 1. The monoisotopic (exact) mass is 389 g/mol. The van der Waals surface area contributed by atoms with E-state index in [-0.39, 0.29) is 22.6 Å². The van der Waals surface area contributed by atoms with Crippen molar-refractivity contribution >= 4 is 5.91 Å². The number of carbonyl (C=O) groups excluding carboxylic acids is 1. The zero-order valence-corrected chi connectivity index (χ0v) is 17.1. The zero-order chi connectivity index (χ0) is 20.6. The van der Waals surface area contributed by atoms with E-state index in [9.17, 15) is 14.9 Å². The number of nitriles is 1. The highest BCUT2D eigenvalue weighted by Crippen LogP contribution is 2.54. The van der Waals surface area contributed by atoms with E-state index < -0.39 is 0 Å². The van der Waals surface area contributed by atoms with Crippen molar-refractivity contribution < 1.29 is 4.79 Å². The number of nitrogens with one attached hydrogen (secondary N) is 1. The second-order valence-electron chi connectivity index (χ2n) is 8.41. The van der Waals surface area contributed by atoms with Gasteiger partial charge in [-0.2, -0.15) is 5.26 Å². The molecule has 1 aliphatic heterocycles. The fourth-order valence-corrected chi connectivity index (χ4v) is 5.47. The van der Waals surface area contributed by atoms with Gasteiger partial charge in [-0.25, -0.2) is 0 Å². The Labute approximate surface area is 171 Å². The number of H-pyrrole nitrogens is 1. The molecule has 2 heterocycles. The number of fused-ring (bicyclic) bond motifs is 1. The smallest absolute Gasteiger partial charge is 0.266 e. The van der Waals surface area contributed by atoms with Crippen LogP contribution in [0.15, 0.2) is 35.1 Å². The molecule has 1 amide bonds. The number of hydrogen-bond acceptors (Lipinski definition) is 3. The molecule has 2 fully saturated rings. The maximum atomic E-state index is 13.3. The average molecular weight is 389 g/mol. The van der Waals surface area contributed by atoms with Crippen molar-refractivity contribution in [1.29, 1.82) is 5.26 Å². The van der Waals surface area contributed by atoms with Crippen molar-refractivity contribution in [2.75, 3.05) is 6.54 Å². The van der Waals surface area contributed by atoms with E-state index in [1.54, 1.807) is 6.92 Å². The number of hydrogen-bond donors (Lipinski definition) is 1. The highest BCUT2D eigenvalue weighted by atomic mass is 16.2. The van der Waals surface area contributed by atoms with Crippen LogP contribution in [0.2, 0.25) is 0 Å². The van der Waals surface area contributed by atoms with Gasteiger partial charge in [0.25, 0.3) is 5.56 Å². The van der Waals surface area contributed by atoms with Crippen LogP contribution in [0, 0.1) is 31.1 Å². The van der Waals surface area contributed by atoms with Crippen LogP contribution in [-0.2, 0) is 16.8 Å². The first-order valence-corrected chi connectivity index (χ1v) is 10.5. The van der Waals surface area contributed by atoms with Crippen LogP contribution in [0.4, 0.5) is 0 Å². The Morgan fingerprint density at radius 1 is 1.28 bits per heavy atom. The van der Waals surface area contributed by atoms with Crippen LogP contribution in [0.5, 0.6) is 0 Å². The van der Waals surface area contributed by atoms with Gasteiger partial charge in [-0.15, -0.1) is 0 Å². The summed E-state index contributed by atoms with van der Waals surface area (Å²) < 4.78 is 0. The molecule has 0 unspecified atom stereocenters. The molecule has 1 N–H and O–H groups in total. The molecule has 1 saturated heterocycles. The molecule has 2 atom stereocenters. The number of amides is 1. The lowest BCUT2D eigenvalue weighted by Gasteiger charge is -2.61. The van der Waals surface area contributed by atoms with Crippen LogP contribution in [-0.4, -0.2) is 22.3 Å². The summed E-state index contributed by atoms with van der Waals surface area (Å²) in [5, 5.41) is 9.27. The molecule has 1 aromatic carbocycles. The largest absolute Gasteiger partial charge is 0.332 e. The molecule has 0 spiro atoms. The molecular formula is C24H27N3O2. The van der Waals surface area contributed by atoms with E-state index in [0.29, 0.717) is 24.3 Å². The van der Waals surface area contributed by atoms with Crippen molar-refractivity contribution in [3.63, 3.8) is 0 Å². The summed E-state index contributed by atoms with van der Waals surface area (Å²) >= 11 is 0. The highest BCUT2D eigenvalue weighted by Gasteiger charge is 2.56. The number of aromatic amines is 1. The molecule has 1 aliphatic carbocycles. The van der Waals surface area contributed by atoms with Crippen LogP contribution >= 0.6 is 0 Å². The number of aryl methyl sites for hydroxylation is 1. The lowest BCUT2D eigenvalue weighted by molar-refractivity contribution is -0.166. The van der Waals surface area contributed by atoms with Gasteiger partial charge in [0, 0.05) is 24.6 Å². The van der Waals surface area contributed by atoms with Crippen molar-refractivity contribution in [2.24, 2.45) is 5.92 Å². The molecule has 5 heteroatoms. The Balaban J connectivity index is 1.57. The second-order valence-corrected chi connectivity index (χ2v) is 8.41. The predicted octanol–water partition coefficient (Wildman–Crippen LogP) is 3.72. The molecule has 1 aromatic heterocycles. The first-order valence-electron chi connectivity index (χ1n) is 10.5. The fraction of sp³-hybridized carbons (Fsp3) is 0.458. The number of benzene rings is 1. The van der Waals surface area contributed by atoms with E-state index in [2.05, 4.69) is 34.1 Å². The van der Waals surface area contributed by atoms with Crippen molar-refractivity contribution in [2.45, 2.75) is 57.9 Å². The van der Waals surface area contributed by atoms with Crippen LogP contribution in [0.1, 0.15) is 60.1 Å². The molecule has 5 nitrogen and oxygen atoms in total.